The normalized spacial score (nSPS) is 11.3. The lowest BCUT2D eigenvalue weighted by molar-refractivity contribution is 0.0976. The maximum Gasteiger partial charge on any atom is 0.285 e. The van der Waals surface area contributed by atoms with E-state index >= 15 is 0 Å². The van der Waals surface area contributed by atoms with Gasteiger partial charge in [-0.15, -0.1) is 0 Å². The Morgan fingerprint density at radius 3 is 2.58 bits per heavy atom. The first-order valence-corrected chi connectivity index (χ1v) is 10.7. The van der Waals surface area contributed by atoms with Gasteiger partial charge >= 0.3 is 0 Å². The van der Waals surface area contributed by atoms with Crippen molar-refractivity contribution in [2.45, 2.75) is 11.8 Å². The summed E-state index contributed by atoms with van der Waals surface area (Å²) < 4.78 is 35.5. The van der Waals surface area contributed by atoms with E-state index in [9.17, 15) is 13.2 Å². The minimum atomic E-state index is -4.13. The molecule has 4 rings (SSSR count). The van der Waals surface area contributed by atoms with Crippen LogP contribution in [0.5, 0.6) is 5.75 Å². The van der Waals surface area contributed by atoms with Crippen LogP contribution in [0.1, 0.15) is 16.1 Å². The average Bonchev–Trinajstić information content (AvgIpc) is 3.45. The largest absolute Gasteiger partial charge is 0.494 e. The molecule has 0 fully saturated rings. The average molecular weight is 437 g/mol. The van der Waals surface area contributed by atoms with Crippen LogP contribution in [0, 0.1) is 6.92 Å². The van der Waals surface area contributed by atoms with Gasteiger partial charge in [-0.05, 0) is 42.8 Å². The molecular formula is C21H19N5O4S. The van der Waals surface area contributed by atoms with Crippen LogP contribution in [0.4, 0.5) is 0 Å². The van der Waals surface area contributed by atoms with E-state index in [0.717, 1.165) is 5.56 Å². The molecule has 31 heavy (non-hydrogen) atoms. The van der Waals surface area contributed by atoms with Gasteiger partial charge in [0.25, 0.3) is 15.9 Å². The Kier molecular flexibility index (Phi) is 5.30. The molecule has 2 heterocycles. The molecule has 0 saturated carbocycles. The highest BCUT2D eigenvalue weighted by Crippen LogP contribution is 2.23. The summed E-state index contributed by atoms with van der Waals surface area (Å²) in [5.74, 6) is -0.278. The predicted octanol–water partition coefficient (Wildman–Crippen LogP) is 2.49. The zero-order valence-electron chi connectivity index (χ0n) is 16.8. The molecular weight excluding hydrogens is 418 g/mol. The zero-order chi connectivity index (χ0) is 22.0. The fourth-order valence-corrected chi connectivity index (χ4v) is 3.85. The molecule has 9 nitrogen and oxygen atoms in total. The van der Waals surface area contributed by atoms with Crippen LogP contribution in [-0.4, -0.2) is 41.0 Å². The highest BCUT2D eigenvalue weighted by Gasteiger charge is 2.22. The van der Waals surface area contributed by atoms with Gasteiger partial charge in [0.1, 0.15) is 16.3 Å². The Labute approximate surface area is 178 Å². The molecule has 0 aliphatic rings. The monoisotopic (exact) mass is 437 g/mol. The number of benzene rings is 2. The molecule has 1 amide bonds. The van der Waals surface area contributed by atoms with Gasteiger partial charge < -0.3 is 4.74 Å². The molecule has 0 aliphatic carbocycles. The van der Waals surface area contributed by atoms with Crippen LogP contribution in [0.2, 0.25) is 0 Å². The Morgan fingerprint density at radius 2 is 1.84 bits per heavy atom. The highest BCUT2D eigenvalue weighted by molar-refractivity contribution is 7.90. The van der Waals surface area contributed by atoms with E-state index < -0.39 is 15.9 Å². The Bertz CT molecular complexity index is 1340. The maximum absolute atomic E-state index is 12.6. The number of carbonyl (C=O) groups excluding carboxylic acids is 1. The van der Waals surface area contributed by atoms with E-state index in [4.69, 9.17) is 4.74 Å². The van der Waals surface area contributed by atoms with Crippen molar-refractivity contribution in [3.05, 3.63) is 84.4 Å². The van der Waals surface area contributed by atoms with Crippen LogP contribution in [-0.2, 0) is 10.0 Å². The lowest BCUT2D eigenvalue weighted by Crippen LogP contribution is -2.30. The fourth-order valence-electron chi connectivity index (χ4n) is 2.96. The van der Waals surface area contributed by atoms with Gasteiger partial charge in [0, 0.05) is 6.20 Å². The molecule has 0 atom stereocenters. The molecule has 1 N–H and O–H groups in total. The molecule has 0 aliphatic heterocycles. The smallest absolute Gasteiger partial charge is 0.285 e. The number of amides is 1. The summed E-state index contributed by atoms with van der Waals surface area (Å²) >= 11 is 0. The Balaban J connectivity index is 1.55. The van der Waals surface area contributed by atoms with Gasteiger partial charge in [0.05, 0.1) is 25.2 Å². The third-order valence-electron chi connectivity index (χ3n) is 4.52. The van der Waals surface area contributed by atoms with Gasteiger partial charge in [0.2, 0.25) is 0 Å². The highest BCUT2D eigenvalue weighted by atomic mass is 32.2. The molecule has 2 aromatic heterocycles. The van der Waals surface area contributed by atoms with Gasteiger partial charge in [0.15, 0.2) is 5.69 Å². The summed E-state index contributed by atoms with van der Waals surface area (Å²) in [6.45, 7) is 1.92. The van der Waals surface area contributed by atoms with Crippen LogP contribution in [0.25, 0.3) is 11.4 Å². The van der Waals surface area contributed by atoms with E-state index in [2.05, 4.69) is 10.2 Å². The molecule has 0 bridgehead atoms. The van der Waals surface area contributed by atoms with E-state index in [1.807, 2.05) is 42.0 Å². The summed E-state index contributed by atoms with van der Waals surface area (Å²) in [6, 6.07) is 16.0. The number of ether oxygens (including phenoxy) is 1. The number of hydrogen-bond donors (Lipinski definition) is 1. The molecule has 158 valence electrons. The van der Waals surface area contributed by atoms with Gasteiger partial charge in [-0.25, -0.2) is 22.5 Å². The van der Waals surface area contributed by atoms with Gasteiger partial charge in [-0.3, -0.25) is 4.79 Å². The lowest BCUT2D eigenvalue weighted by atomic mass is 10.2. The third kappa shape index (κ3) is 4.19. The molecule has 10 heteroatoms. The Hall–Kier alpha value is -3.92. The van der Waals surface area contributed by atoms with E-state index in [1.165, 1.54) is 34.9 Å². The lowest BCUT2D eigenvalue weighted by Gasteiger charge is -2.09. The topological polar surface area (TPSA) is 108 Å². The number of methoxy groups -OCH3 is 1. The third-order valence-corrected chi connectivity index (χ3v) is 5.81. The zero-order valence-corrected chi connectivity index (χ0v) is 17.6. The predicted molar refractivity (Wildman–Crippen MR) is 113 cm³/mol. The van der Waals surface area contributed by atoms with Crippen LogP contribution in [0.15, 0.2) is 78.1 Å². The second-order valence-electron chi connectivity index (χ2n) is 6.71. The number of para-hydroxylation sites is 1. The summed E-state index contributed by atoms with van der Waals surface area (Å²) in [6.07, 6.45) is 4.08. The van der Waals surface area contributed by atoms with Crippen LogP contribution < -0.4 is 9.46 Å². The van der Waals surface area contributed by atoms with Crippen molar-refractivity contribution in [1.29, 1.82) is 0 Å². The number of nitrogens with zero attached hydrogens (tertiary/aromatic N) is 4. The summed E-state index contributed by atoms with van der Waals surface area (Å²) in [4.78, 5) is 12.4. The van der Waals surface area contributed by atoms with Crippen molar-refractivity contribution in [1.82, 2.24) is 24.3 Å². The van der Waals surface area contributed by atoms with Gasteiger partial charge in [-0.1, -0.05) is 24.3 Å². The first-order valence-electron chi connectivity index (χ1n) is 9.25. The second-order valence-corrected chi connectivity index (χ2v) is 8.39. The number of aryl methyl sites for hydroxylation is 1. The minimum Gasteiger partial charge on any atom is -0.494 e. The van der Waals surface area contributed by atoms with Crippen molar-refractivity contribution >= 4 is 15.9 Å². The molecule has 0 saturated heterocycles. The number of carbonyl (C=O) groups is 1. The van der Waals surface area contributed by atoms with Crippen molar-refractivity contribution in [2.24, 2.45) is 0 Å². The van der Waals surface area contributed by atoms with Crippen molar-refractivity contribution < 1.29 is 17.9 Å². The van der Waals surface area contributed by atoms with Crippen LogP contribution >= 0.6 is 0 Å². The molecule has 0 unspecified atom stereocenters. The molecule has 0 spiro atoms. The number of nitrogens with one attached hydrogen (secondary N) is 1. The summed E-state index contributed by atoms with van der Waals surface area (Å²) in [7, 11) is -2.59. The number of sulfonamides is 1. The first kappa shape index (κ1) is 20.4. The number of hydrogen-bond acceptors (Lipinski definition) is 6. The molecule has 0 radical (unpaired) electrons. The summed E-state index contributed by atoms with van der Waals surface area (Å²) in [5, 5.41) is 8.26. The van der Waals surface area contributed by atoms with Crippen LogP contribution in [0.3, 0.4) is 0 Å². The van der Waals surface area contributed by atoms with Crippen molar-refractivity contribution in [3.8, 4) is 17.1 Å². The van der Waals surface area contributed by atoms with Crippen molar-refractivity contribution in [2.75, 3.05) is 7.11 Å². The minimum absolute atomic E-state index is 0.0532. The van der Waals surface area contributed by atoms with E-state index in [1.54, 1.807) is 24.4 Å². The molecule has 2 aromatic carbocycles. The van der Waals surface area contributed by atoms with E-state index in [-0.39, 0.29) is 10.6 Å². The second kappa shape index (κ2) is 8.07. The first-order chi connectivity index (χ1) is 14.9. The fraction of sp³-hybridized carbons (Fsp3) is 0.0952. The standard InChI is InChI=1S/C21H19N5O4S/c1-15-8-9-20(30-2)19(12-15)25-11-10-18(23-25)21(27)24-31(28,29)17-13-22-26(14-17)16-6-4-3-5-7-16/h3-14H,1-2H3,(H,24,27). The number of aromatic nitrogens is 4. The Morgan fingerprint density at radius 1 is 1.06 bits per heavy atom. The molecule has 4 aromatic rings. The quantitative estimate of drug-likeness (QED) is 0.497. The maximum atomic E-state index is 12.6. The van der Waals surface area contributed by atoms with Gasteiger partial charge in [-0.2, -0.15) is 10.2 Å². The summed E-state index contributed by atoms with van der Waals surface area (Å²) in [5.41, 5.74) is 2.26. The van der Waals surface area contributed by atoms with E-state index in [0.29, 0.717) is 17.1 Å². The van der Waals surface area contributed by atoms with Crippen molar-refractivity contribution in [3.63, 3.8) is 0 Å². The number of rotatable bonds is 6. The SMILES string of the molecule is COc1ccc(C)cc1-n1ccc(C(=O)NS(=O)(=O)c2cnn(-c3ccccc3)c2)n1.